The van der Waals surface area contributed by atoms with Crippen molar-refractivity contribution in [2.24, 2.45) is 5.92 Å². The third-order valence-electron chi connectivity index (χ3n) is 6.03. The number of carbonyl (C=O) groups is 2. The van der Waals surface area contributed by atoms with Crippen molar-refractivity contribution in [2.45, 2.75) is 59.0 Å². The van der Waals surface area contributed by atoms with E-state index in [1.807, 2.05) is 6.92 Å². The fourth-order valence-corrected chi connectivity index (χ4v) is 6.49. The van der Waals surface area contributed by atoms with E-state index in [9.17, 15) is 18.0 Å². The second kappa shape index (κ2) is 10.3. The summed E-state index contributed by atoms with van der Waals surface area (Å²) in [5.74, 6) is -0.218. The van der Waals surface area contributed by atoms with Gasteiger partial charge in [0, 0.05) is 31.9 Å². The van der Waals surface area contributed by atoms with E-state index >= 15 is 0 Å². The number of amides is 1. The Hall–Kier alpha value is -2.30. The molecule has 10 heteroatoms. The summed E-state index contributed by atoms with van der Waals surface area (Å²) in [6, 6.07) is 3.06. The Balaban J connectivity index is 1.77. The van der Waals surface area contributed by atoms with Crippen LogP contribution in [0.5, 0.6) is 0 Å². The van der Waals surface area contributed by atoms with Crippen LogP contribution in [-0.4, -0.2) is 49.2 Å². The number of aryl methyl sites for hydroxylation is 1. The molecule has 0 aliphatic carbocycles. The van der Waals surface area contributed by atoms with E-state index in [4.69, 9.17) is 4.74 Å². The van der Waals surface area contributed by atoms with Gasteiger partial charge in [0.15, 0.2) is 5.13 Å². The fourth-order valence-electron chi connectivity index (χ4n) is 3.78. The standard InChI is InChI=1S/C23H31N3O5S2/c1-6-26(18(5)27)23-24-20(14-32-23)13-31-22(28)19-11-16(3)17(4)21(12-19)33(29,30)25-9-7-15(2)8-10-25/h11-12,14-15H,6-10,13H2,1-5H3. The van der Waals surface area contributed by atoms with E-state index < -0.39 is 16.0 Å². The number of rotatable bonds is 7. The van der Waals surface area contributed by atoms with Crippen LogP contribution in [0.25, 0.3) is 0 Å². The summed E-state index contributed by atoms with van der Waals surface area (Å²) in [6.07, 6.45) is 1.65. The maximum atomic E-state index is 13.3. The Morgan fingerprint density at radius 3 is 2.52 bits per heavy atom. The molecule has 0 N–H and O–H groups in total. The van der Waals surface area contributed by atoms with Crippen molar-refractivity contribution in [1.29, 1.82) is 0 Å². The lowest BCUT2D eigenvalue weighted by Crippen LogP contribution is -2.38. The zero-order valence-corrected chi connectivity index (χ0v) is 21.4. The van der Waals surface area contributed by atoms with Gasteiger partial charge < -0.3 is 4.74 Å². The number of esters is 1. The van der Waals surface area contributed by atoms with Gasteiger partial charge in [-0.2, -0.15) is 4.31 Å². The van der Waals surface area contributed by atoms with Crippen molar-refractivity contribution in [1.82, 2.24) is 9.29 Å². The Morgan fingerprint density at radius 2 is 1.91 bits per heavy atom. The summed E-state index contributed by atoms with van der Waals surface area (Å²) >= 11 is 1.30. The Kier molecular flexibility index (Phi) is 7.92. The number of hydrogen-bond acceptors (Lipinski definition) is 7. The molecule has 1 aliphatic rings. The monoisotopic (exact) mass is 493 g/mol. The van der Waals surface area contributed by atoms with Gasteiger partial charge in [0.2, 0.25) is 15.9 Å². The molecule has 33 heavy (non-hydrogen) atoms. The third kappa shape index (κ3) is 5.62. The lowest BCUT2D eigenvalue weighted by molar-refractivity contribution is -0.116. The topological polar surface area (TPSA) is 96.9 Å². The highest BCUT2D eigenvalue weighted by atomic mass is 32.2. The van der Waals surface area contributed by atoms with E-state index in [-0.39, 0.29) is 23.0 Å². The number of sulfonamides is 1. The summed E-state index contributed by atoms with van der Waals surface area (Å²) in [5.41, 5.74) is 2.07. The number of anilines is 1. The van der Waals surface area contributed by atoms with Gasteiger partial charge in [-0.05, 0) is 62.8 Å². The lowest BCUT2D eigenvalue weighted by Gasteiger charge is -2.30. The highest BCUT2D eigenvalue weighted by Crippen LogP contribution is 2.28. The number of benzene rings is 1. The third-order valence-corrected chi connectivity index (χ3v) is 8.97. The normalized spacial score (nSPS) is 15.4. The molecule has 0 spiro atoms. The minimum absolute atomic E-state index is 0.0657. The van der Waals surface area contributed by atoms with Crippen LogP contribution in [0.3, 0.4) is 0 Å². The van der Waals surface area contributed by atoms with Crippen molar-refractivity contribution in [2.75, 3.05) is 24.5 Å². The van der Waals surface area contributed by atoms with Gasteiger partial charge in [0.05, 0.1) is 16.2 Å². The minimum atomic E-state index is -3.70. The average Bonchev–Trinajstić information content (AvgIpc) is 3.22. The molecule has 8 nitrogen and oxygen atoms in total. The van der Waals surface area contributed by atoms with Crippen molar-refractivity contribution >= 4 is 38.4 Å². The van der Waals surface area contributed by atoms with Gasteiger partial charge in [0.25, 0.3) is 0 Å². The van der Waals surface area contributed by atoms with Crippen molar-refractivity contribution in [3.63, 3.8) is 0 Å². The molecule has 0 bridgehead atoms. The number of ether oxygens (including phenoxy) is 1. The number of thiazole rings is 1. The number of aromatic nitrogens is 1. The SMILES string of the molecule is CCN(C(C)=O)c1nc(COC(=O)c2cc(C)c(C)c(S(=O)(=O)N3CCC(C)CC3)c2)cs1. The molecular formula is C23H31N3O5S2. The second-order valence-electron chi connectivity index (χ2n) is 8.46. The van der Waals surface area contributed by atoms with Crippen LogP contribution in [0, 0.1) is 19.8 Å². The van der Waals surface area contributed by atoms with E-state index in [2.05, 4.69) is 11.9 Å². The van der Waals surface area contributed by atoms with E-state index in [0.29, 0.717) is 47.5 Å². The average molecular weight is 494 g/mol. The highest BCUT2D eigenvalue weighted by molar-refractivity contribution is 7.89. The van der Waals surface area contributed by atoms with E-state index in [0.717, 1.165) is 12.8 Å². The quantitative estimate of drug-likeness (QED) is 0.543. The van der Waals surface area contributed by atoms with Crippen LogP contribution in [0.1, 0.15) is 60.8 Å². The summed E-state index contributed by atoms with van der Waals surface area (Å²) < 4.78 is 33.5. The molecule has 3 rings (SSSR count). The summed E-state index contributed by atoms with van der Waals surface area (Å²) in [6.45, 7) is 10.4. The molecule has 0 atom stereocenters. The zero-order valence-electron chi connectivity index (χ0n) is 19.8. The molecule has 1 fully saturated rings. The van der Waals surface area contributed by atoms with Gasteiger partial charge in [-0.3, -0.25) is 9.69 Å². The number of piperidine rings is 1. The van der Waals surface area contributed by atoms with Gasteiger partial charge in [0.1, 0.15) is 6.61 Å². The first-order valence-corrected chi connectivity index (χ1v) is 13.4. The van der Waals surface area contributed by atoms with Crippen molar-refractivity contribution in [3.8, 4) is 0 Å². The van der Waals surface area contributed by atoms with Crippen LogP contribution >= 0.6 is 11.3 Å². The highest BCUT2D eigenvalue weighted by Gasteiger charge is 2.30. The molecular weight excluding hydrogens is 462 g/mol. The van der Waals surface area contributed by atoms with Gasteiger partial charge in [-0.1, -0.05) is 6.92 Å². The summed E-state index contributed by atoms with van der Waals surface area (Å²) in [7, 11) is -3.70. The Bertz CT molecular complexity index is 1130. The fraction of sp³-hybridized carbons (Fsp3) is 0.522. The van der Waals surface area contributed by atoms with Crippen LogP contribution < -0.4 is 4.90 Å². The summed E-state index contributed by atoms with van der Waals surface area (Å²) in [5, 5.41) is 2.29. The van der Waals surface area contributed by atoms with Crippen molar-refractivity contribution < 1.29 is 22.7 Å². The number of carbonyl (C=O) groups excluding carboxylic acids is 2. The molecule has 0 saturated carbocycles. The van der Waals surface area contributed by atoms with Crippen LogP contribution in [0.4, 0.5) is 5.13 Å². The largest absolute Gasteiger partial charge is 0.456 e. The summed E-state index contributed by atoms with van der Waals surface area (Å²) in [4.78, 5) is 30.5. The Labute approximate surface area is 199 Å². The zero-order chi connectivity index (χ0) is 24.3. The molecule has 1 amide bonds. The van der Waals surface area contributed by atoms with Gasteiger partial charge >= 0.3 is 5.97 Å². The maximum absolute atomic E-state index is 13.3. The van der Waals surface area contributed by atoms with Crippen LogP contribution in [0.2, 0.25) is 0 Å². The first-order valence-electron chi connectivity index (χ1n) is 11.1. The molecule has 0 unspecified atom stereocenters. The number of nitrogens with zero attached hydrogens (tertiary/aromatic N) is 3. The molecule has 1 saturated heterocycles. The second-order valence-corrected chi connectivity index (χ2v) is 11.2. The predicted molar refractivity (Wildman–Crippen MR) is 128 cm³/mol. The molecule has 2 aromatic rings. The van der Waals surface area contributed by atoms with E-state index in [1.165, 1.54) is 33.5 Å². The molecule has 0 radical (unpaired) electrons. The predicted octanol–water partition coefficient (Wildman–Crippen LogP) is 3.91. The van der Waals surface area contributed by atoms with E-state index in [1.54, 1.807) is 25.3 Å². The first kappa shape index (κ1) is 25.3. The lowest BCUT2D eigenvalue weighted by atomic mass is 10.0. The molecule has 1 aromatic heterocycles. The van der Waals surface area contributed by atoms with Crippen LogP contribution in [0.15, 0.2) is 22.4 Å². The van der Waals surface area contributed by atoms with Crippen molar-refractivity contribution in [3.05, 3.63) is 39.9 Å². The van der Waals surface area contributed by atoms with Crippen LogP contribution in [-0.2, 0) is 26.2 Å². The van der Waals surface area contributed by atoms with Gasteiger partial charge in [-0.15, -0.1) is 11.3 Å². The number of hydrogen-bond donors (Lipinski definition) is 0. The molecule has 2 heterocycles. The first-order chi connectivity index (χ1) is 15.5. The molecule has 1 aromatic carbocycles. The molecule has 1 aliphatic heterocycles. The molecule has 180 valence electrons. The van der Waals surface area contributed by atoms with Gasteiger partial charge in [-0.25, -0.2) is 18.2 Å². The maximum Gasteiger partial charge on any atom is 0.338 e. The Morgan fingerprint density at radius 1 is 1.24 bits per heavy atom. The minimum Gasteiger partial charge on any atom is -0.456 e. The smallest absolute Gasteiger partial charge is 0.338 e.